The fourth-order valence-corrected chi connectivity index (χ4v) is 2.23. The number of aryl methyl sites for hydroxylation is 1. The number of carboxylic acids is 1. The molecule has 0 atom stereocenters. The number of nitrogens with one attached hydrogen (secondary N) is 1. The molecule has 5 heteroatoms. The Kier molecular flexibility index (Phi) is 3.62. The zero-order valence-corrected chi connectivity index (χ0v) is 11.2. The molecule has 0 bridgehead atoms. The highest BCUT2D eigenvalue weighted by Crippen LogP contribution is 2.23. The number of aromatic nitrogens is 1. The van der Waals surface area contributed by atoms with Crippen LogP contribution in [0.2, 0.25) is 0 Å². The summed E-state index contributed by atoms with van der Waals surface area (Å²) in [7, 11) is 0. The van der Waals surface area contributed by atoms with Gasteiger partial charge in [-0.2, -0.15) is 0 Å². The first kappa shape index (κ1) is 12.6. The van der Waals surface area contributed by atoms with Crippen molar-refractivity contribution in [3.63, 3.8) is 0 Å². The lowest BCUT2D eigenvalue weighted by Gasteiger charge is -2.09. The lowest BCUT2D eigenvalue weighted by molar-refractivity contribution is 0.0697. The molecule has 0 saturated carbocycles. The SMILES string of the molecule is Cc1cc(Br)cc(Nc2ncccc2C(=O)O)c1. The molecule has 0 saturated heterocycles. The van der Waals surface area contributed by atoms with Gasteiger partial charge in [0.15, 0.2) is 0 Å². The Morgan fingerprint density at radius 1 is 1.39 bits per heavy atom. The molecule has 0 amide bonds. The summed E-state index contributed by atoms with van der Waals surface area (Å²) in [6.45, 7) is 1.96. The van der Waals surface area contributed by atoms with E-state index in [4.69, 9.17) is 5.11 Å². The van der Waals surface area contributed by atoms with Gasteiger partial charge in [0, 0.05) is 16.4 Å². The van der Waals surface area contributed by atoms with Gasteiger partial charge in [0.25, 0.3) is 0 Å². The number of hydrogen-bond donors (Lipinski definition) is 2. The van der Waals surface area contributed by atoms with E-state index >= 15 is 0 Å². The van der Waals surface area contributed by atoms with Crippen molar-refractivity contribution in [2.24, 2.45) is 0 Å². The third-order valence-electron chi connectivity index (χ3n) is 2.34. The van der Waals surface area contributed by atoms with Gasteiger partial charge in [-0.05, 0) is 42.8 Å². The lowest BCUT2D eigenvalue weighted by atomic mass is 10.2. The van der Waals surface area contributed by atoms with Gasteiger partial charge in [0.05, 0.1) is 0 Å². The summed E-state index contributed by atoms with van der Waals surface area (Å²) in [6.07, 6.45) is 1.56. The normalized spacial score (nSPS) is 10.1. The highest BCUT2D eigenvalue weighted by molar-refractivity contribution is 9.10. The monoisotopic (exact) mass is 306 g/mol. The highest BCUT2D eigenvalue weighted by atomic mass is 79.9. The molecule has 2 rings (SSSR count). The second kappa shape index (κ2) is 5.18. The van der Waals surface area contributed by atoms with Gasteiger partial charge in [-0.1, -0.05) is 15.9 Å². The standard InChI is InChI=1S/C13H11BrN2O2/c1-8-5-9(14)7-10(6-8)16-12-11(13(17)18)3-2-4-15-12/h2-7H,1H3,(H,15,16)(H,17,18). The number of anilines is 2. The molecule has 1 aromatic heterocycles. The topological polar surface area (TPSA) is 62.2 Å². The van der Waals surface area contributed by atoms with Gasteiger partial charge in [-0.3, -0.25) is 0 Å². The molecule has 0 radical (unpaired) electrons. The molecule has 1 aromatic carbocycles. The van der Waals surface area contributed by atoms with Gasteiger partial charge in [0.1, 0.15) is 11.4 Å². The van der Waals surface area contributed by atoms with Crippen LogP contribution in [0.1, 0.15) is 15.9 Å². The van der Waals surface area contributed by atoms with Gasteiger partial charge in [-0.25, -0.2) is 9.78 Å². The smallest absolute Gasteiger partial charge is 0.339 e. The summed E-state index contributed by atoms with van der Waals surface area (Å²) in [5, 5.41) is 12.1. The van der Waals surface area contributed by atoms with E-state index in [-0.39, 0.29) is 5.56 Å². The fourth-order valence-electron chi connectivity index (χ4n) is 1.62. The maximum Gasteiger partial charge on any atom is 0.339 e. The Hall–Kier alpha value is -1.88. The Bertz CT molecular complexity index is 579. The van der Waals surface area contributed by atoms with Gasteiger partial charge >= 0.3 is 5.97 Å². The average Bonchev–Trinajstić information content (AvgIpc) is 2.27. The van der Waals surface area contributed by atoms with E-state index in [9.17, 15) is 4.79 Å². The number of pyridine rings is 1. The van der Waals surface area contributed by atoms with Crippen LogP contribution in [0.25, 0.3) is 0 Å². The van der Waals surface area contributed by atoms with Crippen molar-refractivity contribution in [1.29, 1.82) is 0 Å². The van der Waals surface area contributed by atoms with Crippen LogP contribution in [0.15, 0.2) is 41.0 Å². The molecular weight excluding hydrogens is 296 g/mol. The summed E-state index contributed by atoms with van der Waals surface area (Å²) in [5.41, 5.74) is 2.01. The first-order valence-corrected chi connectivity index (χ1v) is 6.08. The van der Waals surface area contributed by atoms with Gasteiger partial charge < -0.3 is 10.4 Å². The average molecular weight is 307 g/mol. The first-order chi connectivity index (χ1) is 8.56. The molecule has 4 nitrogen and oxygen atoms in total. The van der Waals surface area contributed by atoms with Crippen molar-refractivity contribution in [3.8, 4) is 0 Å². The number of halogens is 1. The largest absolute Gasteiger partial charge is 0.478 e. The lowest BCUT2D eigenvalue weighted by Crippen LogP contribution is -2.04. The molecule has 0 aliphatic carbocycles. The number of carbonyl (C=O) groups is 1. The minimum absolute atomic E-state index is 0.148. The zero-order valence-electron chi connectivity index (χ0n) is 9.64. The third-order valence-corrected chi connectivity index (χ3v) is 2.80. The molecule has 18 heavy (non-hydrogen) atoms. The van der Waals surface area contributed by atoms with E-state index in [1.165, 1.54) is 6.07 Å². The minimum Gasteiger partial charge on any atom is -0.478 e. The number of rotatable bonds is 3. The van der Waals surface area contributed by atoms with E-state index in [2.05, 4.69) is 26.2 Å². The molecule has 2 aromatic rings. The van der Waals surface area contributed by atoms with Crippen LogP contribution in [0.4, 0.5) is 11.5 Å². The van der Waals surface area contributed by atoms with Crippen molar-refractivity contribution in [1.82, 2.24) is 4.98 Å². The Morgan fingerprint density at radius 3 is 2.83 bits per heavy atom. The number of carboxylic acid groups (broad SMARTS) is 1. The highest BCUT2D eigenvalue weighted by Gasteiger charge is 2.10. The molecule has 92 valence electrons. The van der Waals surface area contributed by atoms with Gasteiger partial charge in [-0.15, -0.1) is 0 Å². The number of benzene rings is 1. The van der Waals surface area contributed by atoms with Crippen molar-refractivity contribution in [2.45, 2.75) is 6.92 Å². The maximum atomic E-state index is 11.1. The van der Waals surface area contributed by atoms with Crippen LogP contribution in [-0.4, -0.2) is 16.1 Å². The number of aromatic carboxylic acids is 1. The second-order valence-electron chi connectivity index (χ2n) is 3.85. The quantitative estimate of drug-likeness (QED) is 0.909. The first-order valence-electron chi connectivity index (χ1n) is 5.29. The van der Waals surface area contributed by atoms with Gasteiger partial charge in [0.2, 0.25) is 0 Å². The molecular formula is C13H11BrN2O2. The van der Waals surface area contributed by atoms with E-state index < -0.39 is 5.97 Å². The molecule has 0 spiro atoms. The summed E-state index contributed by atoms with van der Waals surface area (Å²) < 4.78 is 0.929. The Morgan fingerprint density at radius 2 is 2.17 bits per heavy atom. The molecule has 0 fully saturated rings. The number of nitrogens with zero attached hydrogens (tertiary/aromatic N) is 1. The molecule has 0 unspecified atom stereocenters. The zero-order chi connectivity index (χ0) is 13.1. The van der Waals surface area contributed by atoms with E-state index in [0.717, 1.165) is 15.7 Å². The van der Waals surface area contributed by atoms with Crippen LogP contribution in [0.3, 0.4) is 0 Å². The summed E-state index contributed by atoms with van der Waals surface area (Å²) >= 11 is 3.40. The Balaban J connectivity index is 2.37. The second-order valence-corrected chi connectivity index (χ2v) is 4.76. The van der Waals surface area contributed by atoms with Crippen LogP contribution < -0.4 is 5.32 Å². The summed E-state index contributed by atoms with van der Waals surface area (Å²) in [4.78, 5) is 15.1. The molecule has 0 aliphatic rings. The van der Waals surface area contributed by atoms with Crippen LogP contribution in [0, 0.1) is 6.92 Å². The molecule has 0 aliphatic heterocycles. The van der Waals surface area contributed by atoms with Crippen molar-refractivity contribution < 1.29 is 9.90 Å². The molecule has 2 N–H and O–H groups in total. The summed E-state index contributed by atoms with van der Waals surface area (Å²) in [6, 6.07) is 8.88. The Labute approximate surface area is 113 Å². The molecule has 1 heterocycles. The van der Waals surface area contributed by atoms with Crippen molar-refractivity contribution in [3.05, 3.63) is 52.1 Å². The predicted molar refractivity (Wildman–Crippen MR) is 73.4 cm³/mol. The number of hydrogen-bond acceptors (Lipinski definition) is 3. The van der Waals surface area contributed by atoms with Crippen LogP contribution in [-0.2, 0) is 0 Å². The van der Waals surface area contributed by atoms with E-state index in [1.807, 2.05) is 25.1 Å². The van der Waals surface area contributed by atoms with Crippen molar-refractivity contribution in [2.75, 3.05) is 5.32 Å². The predicted octanol–water partition coefficient (Wildman–Crippen LogP) is 3.59. The van der Waals surface area contributed by atoms with E-state index in [0.29, 0.717) is 5.82 Å². The van der Waals surface area contributed by atoms with Crippen LogP contribution in [0.5, 0.6) is 0 Å². The van der Waals surface area contributed by atoms with E-state index in [1.54, 1.807) is 12.3 Å². The van der Waals surface area contributed by atoms with Crippen LogP contribution >= 0.6 is 15.9 Å². The maximum absolute atomic E-state index is 11.1. The summed E-state index contributed by atoms with van der Waals surface area (Å²) in [5.74, 6) is -0.667. The fraction of sp³-hybridized carbons (Fsp3) is 0.0769. The van der Waals surface area contributed by atoms with Crippen molar-refractivity contribution >= 4 is 33.4 Å². The third kappa shape index (κ3) is 2.87. The minimum atomic E-state index is -1.00.